The maximum absolute atomic E-state index is 5.88. The molecule has 0 spiro atoms. The third-order valence-corrected chi connectivity index (χ3v) is 3.27. The summed E-state index contributed by atoms with van der Waals surface area (Å²) in [4.78, 5) is 4.32. The number of benzene rings is 1. The highest BCUT2D eigenvalue weighted by atomic mass is 127. The lowest BCUT2D eigenvalue weighted by molar-refractivity contribution is 0.666. The Bertz CT molecular complexity index is 590. The molecule has 2 rings (SSSR count). The SMILES string of the molecule is CCc1ccc(NC(N)=NCCn2cnnc2CC)cc1.I. The summed E-state index contributed by atoms with van der Waals surface area (Å²) in [6, 6.07) is 8.19. The number of nitrogens with two attached hydrogens (primary N) is 1. The van der Waals surface area contributed by atoms with Crippen LogP contribution in [0.25, 0.3) is 0 Å². The zero-order valence-electron chi connectivity index (χ0n) is 13.0. The van der Waals surface area contributed by atoms with E-state index in [2.05, 4.69) is 46.5 Å². The summed E-state index contributed by atoms with van der Waals surface area (Å²) in [6.45, 7) is 5.51. The van der Waals surface area contributed by atoms with Gasteiger partial charge >= 0.3 is 0 Å². The molecule has 1 heterocycles. The molecule has 0 fully saturated rings. The van der Waals surface area contributed by atoms with Crippen molar-refractivity contribution < 1.29 is 0 Å². The number of guanidine groups is 1. The van der Waals surface area contributed by atoms with Crippen molar-refractivity contribution in [2.75, 3.05) is 11.9 Å². The van der Waals surface area contributed by atoms with E-state index in [1.165, 1.54) is 5.56 Å². The standard InChI is InChI=1S/C15H22N6.HI/c1-3-12-5-7-13(8-6-12)19-15(16)17-9-10-21-11-18-20-14(21)4-2;/h5-8,11H,3-4,9-10H2,1-2H3,(H3,16,17,19);1H. The highest BCUT2D eigenvalue weighted by molar-refractivity contribution is 14.0. The third-order valence-electron chi connectivity index (χ3n) is 3.27. The molecule has 0 aliphatic carbocycles. The van der Waals surface area contributed by atoms with Crippen LogP contribution in [0.3, 0.4) is 0 Å². The number of rotatable bonds is 6. The first kappa shape index (κ1) is 18.4. The van der Waals surface area contributed by atoms with Crippen LogP contribution in [0.5, 0.6) is 0 Å². The van der Waals surface area contributed by atoms with Gasteiger partial charge in [-0.25, -0.2) is 0 Å². The van der Waals surface area contributed by atoms with Crippen molar-refractivity contribution >= 4 is 35.6 Å². The Morgan fingerprint density at radius 1 is 1.23 bits per heavy atom. The van der Waals surface area contributed by atoms with Crippen molar-refractivity contribution in [1.29, 1.82) is 0 Å². The second-order valence-electron chi connectivity index (χ2n) is 4.74. The normalized spacial score (nSPS) is 11.1. The van der Waals surface area contributed by atoms with E-state index in [1.807, 2.05) is 16.7 Å². The van der Waals surface area contributed by atoms with Gasteiger partial charge in [0.05, 0.1) is 6.54 Å². The summed E-state index contributed by atoms with van der Waals surface area (Å²) in [7, 11) is 0. The number of aryl methyl sites for hydroxylation is 2. The second kappa shape index (κ2) is 9.39. The Balaban J connectivity index is 0.00000242. The Morgan fingerprint density at radius 2 is 1.95 bits per heavy atom. The summed E-state index contributed by atoms with van der Waals surface area (Å²) in [5.41, 5.74) is 8.14. The molecular formula is C15H23IN6. The predicted molar refractivity (Wildman–Crippen MR) is 101 cm³/mol. The van der Waals surface area contributed by atoms with E-state index in [-0.39, 0.29) is 24.0 Å². The Labute approximate surface area is 148 Å². The molecule has 0 unspecified atom stereocenters. The molecule has 0 aliphatic rings. The number of nitrogens with zero attached hydrogens (tertiary/aromatic N) is 4. The maximum Gasteiger partial charge on any atom is 0.193 e. The van der Waals surface area contributed by atoms with E-state index in [1.54, 1.807) is 6.33 Å². The molecule has 2 aromatic rings. The molecule has 6 nitrogen and oxygen atoms in total. The van der Waals surface area contributed by atoms with Crippen LogP contribution in [0.1, 0.15) is 25.2 Å². The average Bonchev–Trinajstić information content (AvgIpc) is 2.95. The summed E-state index contributed by atoms with van der Waals surface area (Å²) in [6.07, 6.45) is 3.62. The minimum atomic E-state index is 0. The molecule has 0 amide bonds. The smallest absolute Gasteiger partial charge is 0.193 e. The van der Waals surface area contributed by atoms with Gasteiger partial charge in [-0.1, -0.05) is 26.0 Å². The molecule has 1 aromatic carbocycles. The van der Waals surface area contributed by atoms with Crippen LogP contribution in [0, 0.1) is 0 Å². The van der Waals surface area contributed by atoms with Gasteiger partial charge < -0.3 is 15.6 Å². The van der Waals surface area contributed by atoms with Gasteiger partial charge in [0.2, 0.25) is 0 Å². The van der Waals surface area contributed by atoms with Crippen LogP contribution in [0.2, 0.25) is 0 Å². The predicted octanol–water partition coefficient (Wildman–Crippen LogP) is 2.45. The van der Waals surface area contributed by atoms with E-state index in [0.717, 1.165) is 30.9 Å². The maximum atomic E-state index is 5.88. The highest BCUT2D eigenvalue weighted by Crippen LogP contribution is 2.09. The first-order valence-corrected chi connectivity index (χ1v) is 7.25. The van der Waals surface area contributed by atoms with Crippen LogP contribution in [-0.2, 0) is 19.4 Å². The van der Waals surface area contributed by atoms with Crippen LogP contribution >= 0.6 is 24.0 Å². The monoisotopic (exact) mass is 414 g/mol. The zero-order valence-corrected chi connectivity index (χ0v) is 15.3. The number of halogens is 1. The fourth-order valence-corrected chi connectivity index (χ4v) is 2.03. The van der Waals surface area contributed by atoms with Gasteiger partial charge in [0, 0.05) is 18.7 Å². The summed E-state index contributed by atoms with van der Waals surface area (Å²) >= 11 is 0. The molecule has 7 heteroatoms. The van der Waals surface area contributed by atoms with E-state index in [9.17, 15) is 0 Å². The lowest BCUT2D eigenvalue weighted by Crippen LogP contribution is -2.23. The summed E-state index contributed by atoms with van der Waals surface area (Å²) in [5, 5.41) is 11.0. The minimum Gasteiger partial charge on any atom is -0.370 e. The fourth-order valence-electron chi connectivity index (χ4n) is 2.03. The Kier molecular flexibility index (Phi) is 7.86. The zero-order chi connectivity index (χ0) is 15.1. The molecule has 0 aliphatic heterocycles. The molecule has 0 saturated heterocycles. The highest BCUT2D eigenvalue weighted by Gasteiger charge is 2.00. The number of nitrogens with one attached hydrogen (secondary N) is 1. The van der Waals surface area contributed by atoms with Gasteiger partial charge in [-0.05, 0) is 24.1 Å². The number of anilines is 1. The average molecular weight is 414 g/mol. The van der Waals surface area contributed by atoms with E-state index in [4.69, 9.17) is 5.73 Å². The second-order valence-corrected chi connectivity index (χ2v) is 4.74. The molecule has 0 radical (unpaired) electrons. The molecule has 1 aromatic heterocycles. The van der Waals surface area contributed by atoms with Crippen molar-refractivity contribution in [2.24, 2.45) is 10.7 Å². The van der Waals surface area contributed by atoms with Crippen LogP contribution in [0.4, 0.5) is 5.69 Å². The van der Waals surface area contributed by atoms with Crippen molar-refractivity contribution in [3.8, 4) is 0 Å². The summed E-state index contributed by atoms with van der Waals surface area (Å²) < 4.78 is 1.99. The van der Waals surface area contributed by atoms with Gasteiger partial charge in [-0.2, -0.15) is 0 Å². The lowest BCUT2D eigenvalue weighted by atomic mass is 10.1. The lowest BCUT2D eigenvalue weighted by Gasteiger charge is -2.07. The molecule has 0 bridgehead atoms. The quantitative estimate of drug-likeness (QED) is 0.432. The van der Waals surface area contributed by atoms with Crippen molar-refractivity contribution in [1.82, 2.24) is 14.8 Å². The van der Waals surface area contributed by atoms with Crippen molar-refractivity contribution in [3.63, 3.8) is 0 Å². The van der Waals surface area contributed by atoms with Gasteiger partial charge in [0.15, 0.2) is 5.96 Å². The Morgan fingerprint density at radius 3 is 2.59 bits per heavy atom. The molecule has 3 N–H and O–H groups in total. The van der Waals surface area contributed by atoms with Crippen LogP contribution in [-0.4, -0.2) is 27.3 Å². The van der Waals surface area contributed by atoms with Crippen LogP contribution < -0.4 is 11.1 Å². The Hall–Kier alpha value is -1.64. The first-order chi connectivity index (χ1) is 10.2. The largest absolute Gasteiger partial charge is 0.370 e. The van der Waals surface area contributed by atoms with E-state index in [0.29, 0.717) is 12.5 Å². The minimum absolute atomic E-state index is 0. The van der Waals surface area contributed by atoms with Gasteiger partial charge in [0.1, 0.15) is 12.2 Å². The number of aromatic nitrogens is 3. The van der Waals surface area contributed by atoms with Crippen LogP contribution in [0.15, 0.2) is 35.6 Å². The number of hydrogen-bond acceptors (Lipinski definition) is 3. The van der Waals surface area contributed by atoms with Gasteiger partial charge in [-0.15, -0.1) is 34.2 Å². The van der Waals surface area contributed by atoms with E-state index < -0.39 is 0 Å². The molecule has 0 saturated carbocycles. The van der Waals surface area contributed by atoms with Gasteiger partial charge in [0.25, 0.3) is 0 Å². The molecular weight excluding hydrogens is 391 g/mol. The first-order valence-electron chi connectivity index (χ1n) is 7.25. The summed E-state index contributed by atoms with van der Waals surface area (Å²) in [5.74, 6) is 1.39. The molecule has 0 atom stereocenters. The van der Waals surface area contributed by atoms with Crippen molar-refractivity contribution in [3.05, 3.63) is 42.0 Å². The molecule has 120 valence electrons. The number of aliphatic imine (C=N–C) groups is 1. The number of hydrogen-bond donors (Lipinski definition) is 2. The molecule has 22 heavy (non-hydrogen) atoms. The van der Waals surface area contributed by atoms with Crippen molar-refractivity contribution in [2.45, 2.75) is 33.2 Å². The van der Waals surface area contributed by atoms with E-state index >= 15 is 0 Å². The van der Waals surface area contributed by atoms with Gasteiger partial charge in [-0.3, -0.25) is 4.99 Å². The third kappa shape index (κ3) is 5.28. The fraction of sp³-hybridized carbons (Fsp3) is 0.400. The topological polar surface area (TPSA) is 81.1 Å².